The van der Waals surface area contributed by atoms with Crippen LogP contribution in [-0.2, 0) is 24.6 Å². The van der Waals surface area contributed by atoms with Crippen LogP contribution in [0, 0.1) is 5.82 Å². The molecule has 1 saturated heterocycles. The number of anilines is 2. The van der Waals surface area contributed by atoms with Gasteiger partial charge in [-0.3, -0.25) is 14.4 Å². The van der Waals surface area contributed by atoms with Gasteiger partial charge in [-0.15, -0.1) is 0 Å². The molecule has 0 saturated carbocycles. The Morgan fingerprint density at radius 1 is 1.00 bits per heavy atom. The van der Waals surface area contributed by atoms with E-state index in [1.165, 1.54) is 29.1 Å². The summed E-state index contributed by atoms with van der Waals surface area (Å²) in [6, 6.07) is 14.7. The van der Waals surface area contributed by atoms with Gasteiger partial charge >= 0.3 is 0 Å². The van der Waals surface area contributed by atoms with E-state index in [1.807, 2.05) is 6.07 Å². The number of ether oxygens (including phenoxy) is 1. The fourth-order valence-corrected chi connectivity index (χ4v) is 6.12. The van der Waals surface area contributed by atoms with Gasteiger partial charge in [-0.25, -0.2) is 9.37 Å². The number of fused-ring (bicyclic) bond motifs is 4. The molecule has 2 aliphatic rings. The van der Waals surface area contributed by atoms with Crippen LogP contribution in [0.1, 0.15) is 21.6 Å². The maximum absolute atomic E-state index is 14.7. The van der Waals surface area contributed by atoms with Crippen LogP contribution in [0.15, 0.2) is 76.6 Å². The van der Waals surface area contributed by atoms with Crippen LogP contribution in [0.2, 0.25) is 0 Å². The molecule has 3 aromatic heterocycles. The van der Waals surface area contributed by atoms with E-state index in [4.69, 9.17) is 4.74 Å². The monoisotopic (exact) mass is 608 g/mol. The molecular weight excluding hydrogens is 579 g/mol. The number of hydrogen-bond donors (Lipinski definition) is 2. The number of hydrogen-bond acceptors (Lipinski definition) is 8. The number of aliphatic hydroxyl groups is 1. The molecule has 1 aliphatic heterocycles. The second kappa shape index (κ2) is 11.4. The second-order valence-corrected chi connectivity index (χ2v) is 11.2. The van der Waals surface area contributed by atoms with Crippen LogP contribution in [0.4, 0.5) is 15.9 Å². The van der Waals surface area contributed by atoms with E-state index in [9.17, 15) is 23.9 Å². The minimum Gasteiger partial charge on any atom is -0.392 e. The summed E-state index contributed by atoms with van der Waals surface area (Å²) >= 11 is 0. The molecule has 2 N–H and O–H groups in total. The van der Waals surface area contributed by atoms with Crippen molar-refractivity contribution in [2.75, 3.05) is 31.6 Å². The molecule has 0 spiro atoms. The number of aromatic nitrogens is 4. The topological polar surface area (TPSA) is 132 Å². The molecule has 0 bridgehead atoms. The molecule has 5 aromatic rings. The maximum Gasteiger partial charge on any atom is 0.282 e. The Kier molecular flexibility index (Phi) is 7.22. The van der Waals surface area contributed by atoms with Crippen molar-refractivity contribution in [3.8, 4) is 16.8 Å². The van der Waals surface area contributed by atoms with E-state index < -0.39 is 17.5 Å². The summed E-state index contributed by atoms with van der Waals surface area (Å²) in [6.45, 7) is 2.03. The van der Waals surface area contributed by atoms with E-state index >= 15 is 0 Å². The van der Waals surface area contributed by atoms with Crippen molar-refractivity contribution >= 4 is 28.2 Å². The van der Waals surface area contributed by atoms with E-state index in [-0.39, 0.29) is 35.4 Å². The predicted octanol–water partition coefficient (Wildman–Crippen LogP) is 2.96. The fourth-order valence-electron chi connectivity index (χ4n) is 6.12. The first-order valence-corrected chi connectivity index (χ1v) is 14.6. The van der Waals surface area contributed by atoms with Crippen molar-refractivity contribution in [3.63, 3.8) is 0 Å². The average molecular weight is 609 g/mol. The zero-order chi connectivity index (χ0) is 31.2. The Hall–Kier alpha value is -5.20. The number of aliphatic hydroxyl groups excluding tert-OH is 1. The highest BCUT2D eigenvalue weighted by molar-refractivity contribution is 5.94. The van der Waals surface area contributed by atoms with Gasteiger partial charge in [0, 0.05) is 55.8 Å². The van der Waals surface area contributed by atoms with E-state index in [1.54, 1.807) is 48.3 Å². The van der Waals surface area contributed by atoms with Crippen molar-refractivity contribution in [3.05, 3.63) is 110 Å². The largest absolute Gasteiger partial charge is 0.392 e. The van der Waals surface area contributed by atoms with E-state index in [0.717, 1.165) is 4.68 Å². The number of rotatable bonds is 4. The van der Waals surface area contributed by atoms with Crippen molar-refractivity contribution in [1.82, 2.24) is 24.2 Å². The number of pyridine rings is 2. The Morgan fingerprint density at radius 3 is 2.58 bits per heavy atom. The van der Waals surface area contributed by atoms with Gasteiger partial charge in [0.05, 0.1) is 42.2 Å². The highest BCUT2D eigenvalue weighted by Crippen LogP contribution is 2.36. The van der Waals surface area contributed by atoms with Crippen molar-refractivity contribution in [2.45, 2.75) is 18.9 Å². The first-order valence-electron chi connectivity index (χ1n) is 14.6. The molecule has 7 rings (SSSR count). The Balaban J connectivity index is 1.29. The molecule has 1 amide bonds. The number of morpholine rings is 1. The number of nitrogens with zero attached hydrogens (tertiary/aromatic N) is 5. The predicted molar refractivity (Wildman–Crippen MR) is 166 cm³/mol. The number of halogens is 1. The van der Waals surface area contributed by atoms with Crippen LogP contribution >= 0.6 is 0 Å². The van der Waals surface area contributed by atoms with Crippen LogP contribution in [0.5, 0.6) is 0 Å². The van der Waals surface area contributed by atoms with Gasteiger partial charge in [0.2, 0.25) is 0 Å². The Morgan fingerprint density at radius 2 is 1.80 bits per heavy atom. The van der Waals surface area contributed by atoms with Gasteiger partial charge in [0.1, 0.15) is 17.3 Å². The first kappa shape index (κ1) is 28.6. The molecule has 11 nitrogen and oxygen atoms in total. The molecule has 1 aliphatic carbocycles. The van der Waals surface area contributed by atoms with Gasteiger partial charge < -0.3 is 24.6 Å². The smallest absolute Gasteiger partial charge is 0.282 e. The van der Waals surface area contributed by atoms with Gasteiger partial charge in [0.15, 0.2) is 0 Å². The average Bonchev–Trinajstić information content (AvgIpc) is 3.20. The maximum atomic E-state index is 14.7. The standard InChI is InChI=1S/C33H29FN6O5/c1-38-28-15-21(41)14-23-22(5-3-7-27(23)40-33(44)30-19(18-36-40)4-2-6-25(30)34)24(28)16-26(32(38)43)37-29-9-8-20(17-35-29)31(42)39-10-12-45-13-11-39/h2-9,16-18,21,41H,10-15H2,1H3,(H,35,37). The minimum absolute atomic E-state index is 0.0706. The molecule has 0 radical (unpaired) electrons. The van der Waals surface area contributed by atoms with Gasteiger partial charge in [-0.05, 0) is 41.5 Å². The highest BCUT2D eigenvalue weighted by Gasteiger charge is 2.27. The molecule has 1 fully saturated rings. The molecule has 45 heavy (non-hydrogen) atoms. The lowest BCUT2D eigenvalue weighted by Crippen LogP contribution is -2.40. The van der Waals surface area contributed by atoms with Crippen LogP contribution < -0.4 is 16.4 Å². The summed E-state index contributed by atoms with van der Waals surface area (Å²) in [5.41, 5.74) is 2.82. The summed E-state index contributed by atoms with van der Waals surface area (Å²) in [5, 5.41) is 18.8. The third kappa shape index (κ3) is 5.07. The summed E-state index contributed by atoms with van der Waals surface area (Å²) in [6.07, 6.45) is 2.44. The van der Waals surface area contributed by atoms with E-state index in [2.05, 4.69) is 15.4 Å². The number of nitrogens with one attached hydrogen (secondary N) is 1. The van der Waals surface area contributed by atoms with Crippen molar-refractivity contribution in [1.29, 1.82) is 0 Å². The van der Waals surface area contributed by atoms with Crippen LogP contribution in [-0.4, -0.2) is 67.7 Å². The summed E-state index contributed by atoms with van der Waals surface area (Å²) < 4.78 is 22.7. The zero-order valence-corrected chi connectivity index (χ0v) is 24.4. The van der Waals surface area contributed by atoms with Crippen LogP contribution in [0.25, 0.3) is 27.6 Å². The minimum atomic E-state index is -0.860. The highest BCUT2D eigenvalue weighted by atomic mass is 19.1. The molecule has 2 aromatic carbocycles. The number of benzene rings is 2. The number of carbonyl (C=O) groups excluding carboxylic acids is 1. The van der Waals surface area contributed by atoms with E-state index in [0.29, 0.717) is 71.1 Å². The Bertz CT molecular complexity index is 2090. The molecule has 4 heterocycles. The van der Waals surface area contributed by atoms with Crippen molar-refractivity contribution < 1.29 is 19.0 Å². The summed E-state index contributed by atoms with van der Waals surface area (Å²) in [5.74, 6) is -0.395. The zero-order valence-electron chi connectivity index (χ0n) is 24.4. The van der Waals surface area contributed by atoms with Gasteiger partial charge in [-0.1, -0.05) is 24.3 Å². The molecule has 12 heteroatoms. The normalized spacial score (nSPS) is 16.2. The molecule has 228 valence electrons. The quantitative estimate of drug-likeness (QED) is 0.319. The lowest BCUT2D eigenvalue weighted by atomic mass is 9.96. The third-order valence-corrected chi connectivity index (χ3v) is 8.41. The third-order valence-electron chi connectivity index (χ3n) is 8.41. The number of carbonyl (C=O) groups is 1. The first-order chi connectivity index (χ1) is 21.8. The second-order valence-electron chi connectivity index (χ2n) is 11.2. The lowest BCUT2D eigenvalue weighted by Gasteiger charge is -2.26. The van der Waals surface area contributed by atoms with Gasteiger partial charge in [0.25, 0.3) is 17.0 Å². The Labute approximate surface area is 256 Å². The molecule has 1 unspecified atom stereocenters. The SMILES string of the molecule is Cn1c2c(cc(Nc3ccc(C(=O)N4CCOCC4)cn3)c1=O)-c1cccc(-n3ncc4cccc(F)c4c3=O)c1CC(O)C2. The molecular formula is C33H29FN6O5. The van der Waals surface area contributed by atoms with Crippen LogP contribution in [0.3, 0.4) is 0 Å². The fraction of sp³-hybridized carbons (Fsp3) is 0.242. The lowest BCUT2D eigenvalue weighted by molar-refractivity contribution is 0.0302. The molecule has 1 atom stereocenters. The summed E-state index contributed by atoms with van der Waals surface area (Å²) in [4.78, 5) is 45.9. The van der Waals surface area contributed by atoms with Crippen molar-refractivity contribution in [2.24, 2.45) is 7.05 Å². The van der Waals surface area contributed by atoms with Gasteiger partial charge in [-0.2, -0.15) is 9.78 Å². The number of amides is 1. The summed E-state index contributed by atoms with van der Waals surface area (Å²) in [7, 11) is 1.64.